The van der Waals surface area contributed by atoms with E-state index in [-0.39, 0.29) is 5.91 Å². The van der Waals surface area contributed by atoms with E-state index >= 15 is 0 Å². The summed E-state index contributed by atoms with van der Waals surface area (Å²) in [4.78, 5) is 20.4. The summed E-state index contributed by atoms with van der Waals surface area (Å²) in [7, 11) is 0. The van der Waals surface area contributed by atoms with Crippen molar-refractivity contribution in [3.8, 4) is 0 Å². The average Bonchev–Trinajstić information content (AvgIpc) is 2.50. The summed E-state index contributed by atoms with van der Waals surface area (Å²) in [6, 6.07) is 7.02. The Morgan fingerprint density at radius 1 is 1.32 bits per heavy atom. The monoisotopic (exact) mass is 318 g/mol. The number of aromatic nitrogens is 2. The van der Waals surface area contributed by atoms with Gasteiger partial charge in [0, 0.05) is 23.3 Å². The Morgan fingerprint density at radius 3 is 2.82 bits per heavy atom. The first kappa shape index (κ1) is 16.2. The molecular formula is C16H19ClN4O. The van der Waals surface area contributed by atoms with E-state index in [0.29, 0.717) is 28.1 Å². The number of halogens is 1. The lowest BCUT2D eigenvalue weighted by atomic mass is 10.2. The molecule has 0 saturated carbocycles. The van der Waals surface area contributed by atoms with Gasteiger partial charge < -0.3 is 10.6 Å². The van der Waals surface area contributed by atoms with Gasteiger partial charge in [-0.2, -0.15) is 0 Å². The van der Waals surface area contributed by atoms with E-state index in [0.717, 1.165) is 12.1 Å². The number of anilines is 2. The second-order valence-electron chi connectivity index (χ2n) is 5.43. The third-order valence-corrected chi connectivity index (χ3v) is 3.52. The highest BCUT2D eigenvalue weighted by molar-refractivity contribution is 6.31. The normalized spacial score (nSPS) is 10.6. The Bertz CT molecular complexity index is 673. The fourth-order valence-electron chi connectivity index (χ4n) is 1.82. The van der Waals surface area contributed by atoms with Gasteiger partial charge >= 0.3 is 0 Å². The number of carbonyl (C=O) groups excluding carboxylic acids is 1. The first-order chi connectivity index (χ1) is 10.5. The van der Waals surface area contributed by atoms with Crippen LogP contribution >= 0.6 is 11.6 Å². The quantitative estimate of drug-likeness (QED) is 0.881. The van der Waals surface area contributed by atoms with Crippen molar-refractivity contribution < 1.29 is 4.79 Å². The van der Waals surface area contributed by atoms with Crippen LogP contribution in [0.5, 0.6) is 0 Å². The maximum Gasteiger partial charge on any atom is 0.274 e. The van der Waals surface area contributed by atoms with Gasteiger partial charge in [0.25, 0.3) is 5.91 Å². The van der Waals surface area contributed by atoms with Gasteiger partial charge in [0.2, 0.25) is 0 Å². The molecule has 2 rings (SSSR count). The van der Waals surface area contributed by atoms with Crippen molar-refractivity contribution in [2.45, 2.75) is 20.8 Å². The molecule has 5 nitrogen and oxygen atoms in total. The first-order valence-corrected chi connectivity index (χ1v) is 7.47. The fraction of sp³-hybridized carbons (Fsp3) is 0.312. The molecule has 1 aromatic heterocycles. The van der Waals surface area contributed by atoms with Gasteiger partial charge in [0.05, 0.1) is 0 Å². The van der Waals surface area contributed by atoms with Crippen molar-refractivity contribution in [3.63, 3.8) is 0 Å². The molecule has 0 atom stereocenters. The topological polar surface area (TPSA) is 66.9 Å². The van der Waals surface area contributed by atoms with Crippen LogP contribution in [0.4, 0.5) is 11.5 Å². The molecule has 1 heterocycles. The minimum atomic E-state index is -0.291. The van der Waals surface area contributed by atoms with Crippen molar-refractivity contribution in [1.82, 2.24) is 9.97 Å². The van der Waals surface area contributed by atoms with Gasteiger partial charge in [-0.05, 0) is 30.5 Å². The largest absolute Gasteiger partial charge is 0.370 e. The summed E-state index contributed by atoms with van der Waals surface area (Å²) in [6.45, 7) is 6.84. The lowest BCUT2D eigenvalue weighted by Crippen LogP contribution is -2.16. The number of hydrogen-bond donors (Lipinski definition) is 2. The standard InChI is InChI=1S/C16H19ClN4O/c1-10(2)8-18-15-7-14(19-9-20-15)16(22)21-13-6-4-5-12(17)11(13)3/h4-7,9-10H,8H2,1-3H3,(H,21,22)(H,18,19,20). The molecule has 2 N–H and O–H groups in total. The highest BCUT2D eigenvalue weighted by Crippen LogP contribution is 2.23. The minimum Gasteiger partial charge on any atom is -0.370 e. The van der Waals surface area contributed by atoms with Gasteiger partial charge in [-0.3, -0.25) is 4.79 Å². The molecule has 1 amide bonds. The number of nitrogens with zero attached hydrogens (tertiary/aromatic N) is 2. The SMILES string of the molecule is Cc1c(Cl)cccc1NC(=O)c1cc(NCC(C)C)ncn1. The van der Waals surface area contributed by atoms with Crippen LogP contribution in [-0.2, 0) is 0 Å². The smallest absolute Gasteiger partial charge is 0.274 e. The molecule has 0 aliphatic carbocycles. The lowest BCUT2D eigenvalue weighted by molar-refractivity contribution is 0.102. The van der Waals surface area contributed by atoms with E-state index in [4.69, 9.17) is 11.6 Å². The van der Waals surface area contributed by atoms with Gasteiger partial charge in [0.1, 0.15) is 17.8 Å². The number of nitrogens with one attached hydrogen (secondary N) is 2. The van der Waals surface area contributed by atoms with E-state index < -0.39 is 0 Å². The van der Waals surface area contributed by atoms with Gasteiger partial charge in [-0.15, -0.1) is 0 Å². The average molecular weight is 319 g/mol. The van der Waals surface area contributed by atoms with Crippen molar-refractivity contribution in [1.29, 1.82) is 0 Å². The summed E-state index contributed by atoms with van der Waals surface area (Å²) >= 11 is 6.05. The Hall–Kier alpha value is -2.14. The third kappa shape index (κ3) is 4.18. The summed E-state index contributed by atoms with van der Waals surface area (Å²) in [5.41, 5.74) is 1.80. The van der Waals surface area contributed by atoms with Gasteiger partial charge in [-0.1, -0.05) is 31.5 Å². The molecule has 0 unspecified atom stereocenters. The van der Waals surface area contributed by atoms with Crippen LogP contribution in [0.2, 0.25) is 5.02 Å². The van der Waals surface area contributed by atoms with Gasteiger partial charge in [-0.25, -0.2) is 9.97 Å². The summed E-state index contributed by atoms with van der Waals surface area (Å²) in [5.74, 6) is 0.832. The zero-order valence-electron chi connectivity index (χ0n) is 12.9. The number of rotatable bonds is 5. The molecule has 0 aliphatic heterocycles. The molecule has 0 spiro atoms. The molecule has 6 heteroatoms. The van der Waals surface area contributed by atoms with Crippen LogP contribution in [0, 0.1) is 12.8 Å². The van der Waals surface area contributed by atoms with E-state index in [2.05, 4.69) is 34.4 Å². The molecule has 2 aromatic rings. The zero-order chi connectivity index (χ0) is 16.1. The number of benzene rings is 1. The van der Waals surface area contributed by atoms with E-state index in [1.54, 1.807) is 24.3 Å². The molecule has 1 aromatic carbocycles. The predicted molar refractivity (Wildman–Crippen MR) is 89.5 cm³/mol. The Morgan fingerprint density at radius 2 is 2.09 bits per heavy atom. The fourth-order valence-corrected chi connectivity index (χ4v) is 1.99. The second-order valence-corrected chi connectivity index (χ2v) is 5.84. The third-order valence-electron chi connectivity index (χ3n) is 3.11. The molecule has 0 aliphatic rings. The predicted octanol–water partition coefficient (Wildman–Crippen LogP) is 3.76. The van der Waals surface area contributed by atoms with Crippen molar-refractivity contribution in [2.75, 3.05) is 17.2 Å². The van der Waals surface area contributed by atoms with Crippen LogP contribution < -0.4 is 10.6 Å². The number of amides is 1. The van der Waals surface area contributed by atoms with E-state index in [9.17, 15) is 4.79 Å². The molecule has 0 radical (unpaired) electrons. The van der Waals surface area contributed by atoms with Crippen LogP contribution in [0.3, 0.4) is 0 Å². The van der Waals surface area contributed by atoms with Crippen LogP contribution in [-0.4, -0.2) is 22.4 Å². The summed E-state index contributed by atoms with van der Waals surface area (Å²) < 4.78 is 0. The molecule has 0 bridgehead atoms. The van der Waals surface area contributed by atoms with E-state index in [1.807, 2.05) is 6.92 Å². The number of hydrogen-bond acceptors (Lipinski definition) is 4. The zero-order valence-corrected chi connectivity index (χ0v) is 13.6. The van der Waals surface area contributed by atoms with Crippen molar-refractivity contribution in [3.05, 3.63) is 46.9 Å². The molecule has 0 saturated heterocycles. The Balaban J connectivity index is 2.12. The van der Waals surface area contributed by atoms with E-state index in [1.165, 1.54) is 6.33 Å². The summed E-state index contributed by atoms with van der Waals surface area (Å²) in [5, 5.41) is 6.60. The molecule has 22 heavy (non-hydrogen) atoms. The lowest BCUT2D eigenvalue weighted by Gasteiger charge is -2.11. The van der Waals surface area contributed by atoms with Crippen molar-refractivity contribution in [2.24, 2.45) is 5.92 Å². The van der Waals surface area contributed by atoms with Crippen molar-refractivity contribution >= 4 is 29.0 Å². The molecule has 116 valence electrons. The van der Waals surface area contributed by atoms with Gasteiger partial charge in [0.15, 0.2) is 0 Å². The minimum absolute atomic E-state index is 0.291. The highest BCUT2D eigenvalue weighted by atomic mass is 35.5. The maximum atomic E-state index is 12.3. The Kier molecular flexibility index (Phi) is 5.33. The van der Waals surface area contributed by atoms with Crippen LogP contribution in [0.25, 0.3) is 0 Å². The summed E-state index contributed by atoms with van der Waals surface area (Å²) in [6.07, 6.45) is 1.38. The maximum absolute atomic E-state index is 12.3. The second kappa shape index (κ2) is 7.22. The first-order valence-electron chi connectivity index (χ1n) is 7.09. The highest BCUT2D eigenvalue weighted by Gasteiger charge is 2.11. The Labute approximate surface area is 135 Å². The van der Waals surface area contributed by atoms with Crippen LogP contribution in [0.15, 0.2) is 30.6 Å². The molecule has 0 fully saturated rings. The number of carbonyl (C=O) groups is 1. The van der Waals surface area contributed by atoms with Crippen LogP contribution in [0.1, 0.15) is 29.9 Å². The molecular weight excluding hydrogens is 300 g/mol.